The van der Waals surface area contributed by atoms with Gasteiger partial charge in [-0.25, -0.2) is 9.59 Å². The predicted molar refractivity (Wildman–Crippen MR) is 141 cm³/mol. The Labute approximate surface area is 210 Å². The highest BCUT2D eigenvalue weighted by Gasteiger charge is 2.21. The number of nitrogens with one attached hydrogen (secondary N) is 3. The Kier molecular flexibility index (Phi) is 8.44. The van der Waals surface area contributed by atoms with Gasteiger partial charge in [0.15, 0.2) is 11.5 Å². The summed E-state index contributed by atoms with van der Waals surface area (Å²) in [5.74, 6) is 1.90. The normalized spacial score (nSPS) is 11.7. The van der Waals surface area contributed by atoms with E-state index in [2.05, 4.69) is 20.9 Å². The summed E-state index contributed by atoms with van der Waals surface area (Å²) >= 11 is 0. The number of para-hydroxylation sites is 1. The zero-order valence-corrected chi connectivity index (χ0v) is 20.8. The molecule has 1 aliphatic heterocycles. The van der Waals surface area contributed by atoms with Gasteiger partial charge in [-0.3, -0.25) is 4.57 Å². The minimum Gasteiger partial charge on any atom is -0.493 e. The van der Waals surface area contributed by atoms with Gasteiger partial charge >= 0.3 is 11.7 Å². The molecule has 1 aromatic heterocycles. The van der Waals surface area contributed by atoms with Gasteiger partial charge in [-0.15, -0.1) is 0 Å². The Hall–Kier alpha value is -4.01. The Morgan fingerprint density at radius 3 is 2.44 bits per heavy atom. The Bertz CT molecular complexity index is 1240. The summed E-state index contributed by atoms with van der Waals surface area (Å²) in [5, 5.41) is 8.98. The number of ether oxygens (including phenoxy) is 2. The number of hydrogen-bond donors (Lipinski definition) is 3. The second-order valence-electron chi connectivity index (χ2n) is 8.66. The van der Waals surface area contributed by atoms with Gasteiger partial charge in [-0.1, -0.05) is 31.0 Å². The van der Waals surface area contributed by atoms with E-state index in [-0.39, 0.29) is 11.7 Å². The van der Waals surface area contributed by atoms with Crippen molar-refractivity contribution >= 4 is 17.5 Å². The van der Waals surface area contributed by atoms with E-state index < -0.39 is 0 Å². The number of benzene rings is 2. The second kappa shape index (κ2) is 12.1. The molecule has 3 aromatic rings. The summed E-state index contributed by atoms with van der Waals surface area (Å²) in [6.45, 7) is 1.93. The zero-order valence-electron chi connectivity index (χ0n) is 20.8. The van der Waals surface area contributed by atoms with E-state index in [0.717, 1.165) is 61.2 Å². The number of fused-ring (bicyclic) bond motifs is 3. The molecule has 0 saturated carbocycles. The molecule has 0 atom stereocenters. The molecule has 2 aromatic carbocycles. The predicted octanol–water partition coefficient (Wildman–Crippen LogP) is 4.28. The van der Waals surface area contributed by atoms with E-state index in [1.165, 1.54) is 0 Å². The van der Waals surface area contributed by atoms with E-state index in [4.69, 9.17) is 9.47 Å². The summed E-state index contributed by atoms with van der Waals surface area (Å²) < 4.78 is 12.6. The highest BCUT2D eigenvalue weighted by molar-refractivity contribution is 5.89. The van der Waals surface area contributed by atoms with Crippen molar-refractivity contribution in [2.24, 2.45) is 0 Å². The lowest BCUT2D eigenvalue weighted by molar-refractivity contribution is 0.252. The van der Waals surface area contributed by atoms with Gasteiger partial charge in [0.2, 0.25) is 0 Å². The fourth-order valence-corrected chi connectivity index (χ4v) is 4.35. The average molecular weight is 492 g/mol. The van der Waals surface area contributed by atoms with Crippen LogP contribution in [-0.2, 0) is 13.0 Å². The molecular formula is C27H33N5O4. The standard InChI is InChI=1S/C27H33N5O4/c1-35-23-16-19-12-15-32-22(21(19)17-24(23)36-2)18-25(31-27(32)34)28-13-8-3-4-9-14-29-26(33)30-20-10-6-5-7-11-20/h5-7,10-11,16-18H,3-4,8-9,12-15H2,1-2H3,(H,28,31,34)(H2,29,30,33). The molecule has 190 valence electrons. The minimum absolute atomic E-state index is 0.190. The maximum Gasteiger partial charge on any atom is 0.349 e. The highest BCUT2D eigenvalue weighted by atomic mass is 16.5. The van der Waals surface area contributed by atoms with Gasteiger partial charge in [0.25, 0.3) is 0 Å². The van der Waals surface area contributed by atoms with E-state index >= 15 is 0 Å². The molecule has 0 radical (unpaired) electrons. The lowest BCUT2D eigenvalue weighted by atomic mass is 9.97. The minimum atomic E-state index is -0.254. The number of urea groups is 1. The van der Waals surface area contributed by atoms with Crippen LogP contribution in [0.15, 0.2) is 53.3 Å². The molecular weight excluding hydrogens is 458 g/mol. The number of unbranched alkanes of at least 4 members (excludes halogenated alkanes) is 3. The summed E-state index contributed by atoms with van der Waals surface area (Å²) in [6.07, 6.45) is 4.60. The third-order valence-electron chi connectivity index (χ3n) is 6.23. The molecule has 1 aliphatic rings. The number of rotatable bonds is 11. The fourth-order valence-electron chi connectivity index (χ4n) is 4.35. The SMILES string of the molecule is COc1cc2c(cc1OC)-c1cc(NCCCCCCNC(=O)Nc3ccccc3)nc(=O)n1CC2. The smallest absolute Gasteiger partial charge is 0.349 e. The first kappa shape index (κ1) is 25.1. The molecule has 0 bridgehead atoms. The molecule has 0 unspecified atom stereocenters. The topological polar surface area (TPSA) is 107 Å². The van der Waals surface area contributed by atoms with Crippen LogP contribution in [-0.4, -0.2) is 42.9 Å². The number of carbonyl (C=O) groups excluding carboxylic acids is 1. The van der Waals surface area contributed by atoms with Gasteiger partial charge < -0.3 is 25.4 Å². The number of aryl methyl sites for hydroxylation is 1. The van der Waals surface area contributed by atoms with Crippen LogP contribution in [0.4, 0.5) is 16.3 Å². The third-order valence-corrected chi connectivity index (χ3v) is 6.23. The monoisotopic (exact) mass is 491 g/mol. The Balaban J connectivity index is 1.23. The van der Waals surface area contributed by atoms with Gasteiger partial charge in [-0.05, 0) is 49.1 Å². The van der Waals surface area contributed by atoms with Crippen LogP contribution in [0.1, 0.15) is 31.2 Å². The van der Waals surface area contributed by atoms with Gasteiger partial charge in [0.1, 0.15) is 5.82 Å². The highest BCUT2D eigenvalue weighted by Crippen LogP contribution is 2.38. The largest absolute Gasteiger partial charge is 0.493 e. The molecule has 0 aliphatic carbocycles. The number of anilines is 2. The van der Waals surface area contributed by atoms with Crippen LogP contribution >= 0.6 is 0 Å². The average Bonchev–Trinajstić information content (AvgIpc) is 2.89. The first-order valence-electron chi connectivity index (χ1n) is 12.3. The number of aromatic nitrogens is 2. The Morgan fingerprint density at radius 2 is 1.69 bits per heavy atom. The van der Waals surface area contributed by atoms with Crippen molar-refractivity contribution in [2.75, 3.05) is 37.9 Å². The van der Waals surface area contributed by atoms with Crippen LogP contribution in [0.25, 0.3) is 11.3 Å². The lowest BCUT2D eigenvalue weighted by Crippen LogP contribution is -2.29. The van der Waals surface area contributed by atoms with Crippen molar-refractivity contribution in [3.05, 3.63) is 64.6 Å². The molecule has 9 heteroatoms. The van der Waals surface area contributed by atoms with Crippen molar-refractivity contribution in [3.8, 4) is 22.8 Å². The van der Waals surface area contributed by atoms with Crippen molar-refractivity contribution in [3.63, 3.8) is 0 Å². The number of amides is 2. The lowest BCUT2D eigenvalue weighted by Gasteiger charge is -2.23. The quantitative estimate of drug-likeness (QED) is 0.346. The van der Waals surface area contributed by atoms with Crippen molar-refractivity contribution in [2.45, 2.75) is 38.6 Å². The van der Waals surface area contributed by atoms with E-state index in [9.17, 15) is 9.59 Å². The Morgan fingerprint density at radius 1 is 0.972 bits per heavy atom. The molecule has 0 fully saturated rings. The van der Waals surface area contributed by atoms with Crippen LogP contribution in [0.5, 0.6) is 11.5 Å². The number of hydrogen-bond acceptors (Lipinski definition) is 6. The molecule has 0 spiro atoms. The molecule has 2 heterocycles. The van der Waals surface area contributed by atoms with Crippen LogP contribution in [0.2, 0.25) is 0 Å². The molecule has 36 heavy (non-hydrogen) atoms. The third kappa shape index (κ3) is 6.16. The summed E-state index contributed by atoms with van der Waals surface area (Å²) in [6, 6.07) is 15.0. The molecule has 0 saturated heterocycles. The molecule has 4 rings (SSSR count). The molecule has 2 amide bonds. The first-order valence-corrected chi connectivity index (χ1v) is 12.3. The first-order chi connectivity index (χ1) is 17.6. The van der Waals surface area contributed by atoms with Gasteiger partial charge in [0, 0.05) is 37.0 Å². The fraction of sp³-hybridized carbons (Fsp3) is 0.370. The summed E-state index contributed by atoms with van der Waals surface area (Å²) in [7, 11) is 3.23. The summed E-state index contributed by atoms with van der Waals surface area (Å²) in [4.78, 5) is 28.8. The summed E-state index contributed by atoms with van der Waals surface area (Å²) in [5.41, 5.74) is 3.44. The van der Waals surface area contributed by atoms with E-state index in [1.807, 2.05) is 48.5 Å². The van der Waals surface area contributed by atoms with Crippen LogP contribution in [0, 0.1) is 0 Å². The molecule has 3 N–H and O–H groups in total. The van der Waals surface area contributed by atoms with Crippen molar-refractivity contribution in [1.82, 2.24) is 14.9 Å². The second-order valence-corrected chi connectivity index (χ2v) is 8.66. The van der Waals surface area contributed by atoms with E-state index in [1.54, 1.807) is 18.8 Å². The maximum absolute atomic E-state index is 12.7. The number of methoxy groups -OCH3 is 2. The maximum atomic E-state index is 12.7. The number of nitrogens with zero attached hydrogens (tertiary/aromatic N) is 2. The van der Waals surface area contributed by atoms with Crippen molar-refractivity contribution < 1.29 is 14.3 Å². The van der Waals surface area contributed by atoms with Crippen LogP contribution < -0.4 is 31.1 Å². The van der Waals surface area contributed by atoms with Crippen LogP contribution in [0.3, 0.4) is 0 Å². The zero-order chi connectivity index (χ0) is 25.3. The van der Waals surface area contributed by atoms with Crippen molar-refractivity contribution in [1.29, 1.82) is 0 Å². The van der Waals surface area contributed by atoms with E-state index in [0.29, 0.717) is 30.4 Å². The van der Waals surface area contributed by atoms with Gasteiger partial charge in [-0.2, -0.15) is 4.98 Å². The number of carbonyl (C=O) groups is 1. The van der Waals surface area contributed by atoms with Gasteiger partial charge in [0.05, 0.1) is 19.9 Å². The molecule has 9 nitrogen and oxygen atoms in total.